The summed E-state index contributed by atoms with van der Waals surface area (Å²) in [6.45, 7) is 0. The Hall–Kier alpha value is -2.60. The maximum absolute atomic E-state index is 12.0. The van der Waals surface area contributed by atoms with Gasteiger partial charge in [-0.05, 0) is 41.8 Å². The van der Waals surface area contributed by atoms with Crippen LogP contribution in [0.4, 0.5) is 0 Å². The maximum atomic E-state index is 12.0. The van der Waals surface area contributed by atoms with E-state index in [1.165, 1.54) is 11.8 Å². The van der Waals surface area contributed by atoms with Crippen LogP contribution in [0.3, 0.4) is 0 Å². The van der Waals surface area contributed by atoms with Gasteiger partial charge in [0.2, 0.25) is 5.91 Å². The van der Waals surface area contributed by atoms with Gasteiger partial charge in [0, 0.05) is 0 Å². The SMILES string of the molecule is O=C1N/C(=N/N=C/c2ccc(O)cc2)SC1Cc1ccccc1. The fourth-order valence-electron chi connectivity index (χ4n) is 2.12. The second kappa shape index (κ2) is 7.11. The third kappa shape index (κ3) is 4.20. The van der Waals surface area contributed by atoms with Crippen molar-refractivity contribution in [2.45, 2.75) is 11.7 Å². The molecule has 1 fully saturated rings. The van der Waals surface area contributed by atoms with Gasteiger partial charge in [-0.1, -0.05) is 42.1 Å². The van der Waals surface area contributed by atoms with Crippen LogP contribution in [-0.2, 0) is 11.2 Å². The Labute approximate surface area is 138 Å². The topological polar surface area (TPSA) is 74.0 Å². The number of thioether (sulfide) groups is 1. The number of amides is 1. The molecule has 23 heavy (non-hydrogen) atoms. The fourth-order valence-corrected chi connectivity index (χ4v) is 3.09. The van der Waals surface area contributed by atoms with E-state index >= 15 is 0 Å². The number of rotatable bonds is 4. The number of amidine groups is 1. The molecule has 2 N–H and O–H groups in total. The Kier molecular flexibility index (Phi) is 4.73. The second-order valence-electron chi connectivity index (χ2n) is 5.03. The van der Waals surface area contributed by atoms with Crippen molar-refractivity contribution >= 4 is 29.1 Å². The number of phenolic OH excluding ortho intramolecular Hbond substituents is 1. The average molecular weight is 325 g/mol. The molecule has 1 aliphatic rings. The lowest BCUT2D eigenvalue weighted by atomic mass is 10.1. The molecule has 1 atom stereocenters. The molecule has 5 nitrogen and oxygen atoms in total. The Bertz CT molecular complexity index is 742. The van der Waals surface area contributed by atoms with Gasteiger partial charge in [0.1, 0.15) is 5.75 Å². The number of hydrogen-bond acceptors (Lipinski definition) is 5. The van der Waals surface area contributed by atoms with E-state index in [0.29, 0.717) is 11.6 Å². The number of nitrogens with zero attached hydrogens (tertiary/aromatic N) is 2. The summed E-state index contributed by atoms with van der Waals surface area (Å²) in [5.74, 6) is 0.160. The lowest BCUT2D eigenvalue weighted by Gasteiger charge is -2.04. The first-order valence-electron chi connectivity index (χ1n) is 7.12. The monoisotopic (exact) mass is 325 g/mol. The standard InChI is InChI=1S/C17H15N3O2S/c21-14-8-6-13(7-9-14)11-18-20-17-19-16(22)15(23-17)10-12-4-2-1-3-5-12/h1-9,11,15,21H,10H2,(H,19,20,22)/b18-11+. The Morgan fingerprint density at radius 2 is 1.87 bits per heavy atom. The molecule has 2 aromatic carbocycles. The minimum absolute atomic E-state index is 0.0440. The maximum Gasteiger partial charge on any atom is 0.239 e. The molecule has 0 aliphatic carbocycles. The minimum Gasteiger partial charge on any atom is -0.508 e. The van der Waals surface area contributed by atoms with Crippen LogP contribution in [0.15, 0.2) is 64.8 Å². The molecule has 1 unspecified atom stereocenters. The molecule has 2 aromatic rings. The molecule has 116 valence electrons. The smallest absolute Gasteiger partial charge is 0.239 e. The van der Waals surface area contributed by atoms with Gasteiger partial charge in [-0.3, -0.25) is 4.79 Å². The zero-order chi connectivity index (χ0) is 16.1. The molecule has 0 bridgehead atoms. The van der Waals surface area contributed by atoms with E-state index < -0.39 is 0 Å². The van der Waals surface area contributed by atoms with Crippen LogP contribution in [0, 0.1) is 0 Å². The van der Waals surface area contributed by atoms with Crippen molar-refractivity contribution in [3.8, 4) is 5.75 Å². The molecule has 1 amide bonds. The fraction of sp³-hybridized carbons (Fsp3) is 0.118. The van der Waals surface area contributed by atoms with Gasteiger partial charge in [-0.2, -0.15) is 5.10 Å². The van der Waals surface area contributed by atoms with Crippen molar-refractivity contribution in [3.05, 3.63) is 65.7 Å². The van der Waals surface area contributed by atoms with Crippen LogP contribution in [0.1, 0.15) is 11.1 Å². The van der Waals surface area contributed by atoms with Gasteiger partial charge >= 0.3 is 0 Å². The Morgan fingerprint density at radius 3 is 2.61 bits per heavy atom. The predicted molar refractivity (Wildman–Crippen MR) is 92.8 cm³/mol. The summed E-state index contributed by atoms with van der Waals surface area (Å²) in [4.78, 5) is 12.0. The van der Waals surface area contributed by atoms with E-state index in [1.54, 1.807) is 30.5 Å². The van der Waals surface area contributed by atoms with Crippen molar-refractivity contribution in [1.29, 1.82) is 0 Å². The van der Waals surface area contributed by atoms with Gasteiger partial charge in [-0.25, -0.2) is 0 Å². The highest BCUT2D eigenvalue weighted by molar-refractivity contribution is 8.15. The van der Waals surface area contributed by atoms with E-state index in [-0.39, 0.29) is 16.9 Å². The first kappa shape index (κ1) is 15.3. The zero-order valence-corrected chi connectivity index (χ0v) is 13.0. The summed E-state index contributed by atoms with van der Waals surface area (Å²) >= 11 is 1.39. The highest BCUT2D eigenvalue weighted by Crippen LogP contribution is 2.23. The molecule has 1 aliphatic heterocycles. The van der Waals surface area contributed by atoms with Crippen molar-refractivity contribution < 1.29 is 9.90 Å². The molecule has 0 radical (unpaired) electrons. The lowest BCUT2D eigenvalue weighted by molar-refractivity contribution is -0.118. The Morgan fingerprint density at radius 1 is 1.13 bits per heavy atom. The second-order valence-corrected chi connectivity index (χ2v) is 6.22. The van der Waals surface area contributed by atoms with E-state index in [0.717, 1.165) is 11.1 Å². The summed E-state index contributed by atoms with van der Waals surface area (Å²) in [5, 5.41) is 20.3. The molecule has 6 heteroatoms. The predicted octanol–water partition coefficient (Wildman–Crippen LogP) is 2.56. The zero-order valence-electron chi connectivity index (χ0n) is 12.2. The minimum atomic E-state index is -0.181. The number of hydrogen-bond donors (Lipinski definition) is 2. The molecular weight excluding hydrogens is 310 g/mol. The third-order valence-electron chi connectivity index (χ3n) is 3.29. The Balaban J connectivity index is 1.61. The number of carbonyl (C=O) groups excluding carboxylic acids is 1. The number of carbonyl (C=O) groups is 1. The molecular formula is C17H15N3O2S. The summed E-state index contributed by atoms with van der Waals surface area (Å²) in [6.07, 6.45) is 2.24. The number of phenols is 1. The van der Waals surface area contributed by atoms with E-state index in [2.05, 4.69) is 15.5 Å². The van der Waals surface area contributed by atoms with Crippen molar-refractivity contribution in [1.82, 2.24) is 5.32 Å². The first-order chi connectivity index (χ1) is 11.2. The summed E-state index contributed by atoms with van der Waals surface area (Å²) in [5.41, 5.74) is 1.94. The largest absolute Gasteiger partial charge is 0.508 e. The van der Waals surface area contributed by atoms with Crippen molar-refractivity contribution in [2.24, 2.45) is 10.2 Å². The normalized spacial score (nSPS) is 19.4. The van der Waals surface area contributed by atoms with Gasteiger partial charge in [0.15, 0.2) is 5.17 Å². The number of nitrogens with one attached hydrogen (secondary N) is 1. The quantitative estimate of drug-likeness (QED) is 0.670. The van der Waals surface area contributed by atoms with Crippen molar-refractivity contribution in [2.75, 3.05) is 0 Å². The van der Waals surface area contributed by atoms with Crippen LogP contribution in [0.25, 0.3) is 0 Å². The highest BCUT2D eigenvalue weighted by atomic mass is 32.2. The number of aromatic hydroxyl groups is 1. The van der Waals surface area contributed by atoms with E-state index in [1.807, 2.05) is 30.3 Å². The van der Waals surface area contributed by atoms with E-state index in [4.69, 9.17) is 0 Å². The van der Waals surface area contributed by atoms with Crippen molar-refractivity contribution in [3.63, 3.8) is 0 Å². The lowest BCUT2D eigenvalue weighted by Crippen LogP contribution is -2.25. The molecule has 1 saturated heterocycles. The average Bonchev–Trinajstić information content (AvgIpc) is 2.90. The van der Waals surface area contributed by atoms with Crippen LogP contribution in [0.2, 0.25) is 0 Å². The van der Waals surface area contributed by atoms with Crippen LogP contribution >= 0.6 is 11.8 Å². The molecule has 3 rings (SSSR count). The van der Waals surface area contributed by atoms with E-state index in [9.17, 15) is 9.90 Å². The summed E-state index contributed by atoms with van der Waals surface area (Å²) in [6, 6.07) is 16.5. The van der Waals surface area contributed by atoms with Crippen LogP contribution < -0.4 is 5.32 Å². The first-order valence-corrected chi connectivity index (χ1v) is 8.00. The summed E-state index contributed by atoms with van der Waals surface area (Å²) in [7, 11) is 0. The van der Waals surface area contributed by atoms with Gasteiger partial charge in [0.05, 0.1) is 11.5 Å². The van der Waals surface area contributed by atoms with Crippen LogP contribution in [0.5, 0.6) is 5.75 Å². The van der Waals surface area contributed by atoms with Gasteiger partial charge in [0.25, 0.3) is 0 Å². The van der Waals surface area contributed by atoms with Crippen LogP contribution in [-0.4, -0.2) is 27.6 Å². The molecule has 1 heterocycles. The van der Waals surface area contributed by atoms with Gasteiger partial charge < -0.3 is 10.4 Å². The number of benzene rings is 2. The molecule has 0 aromatic heterocycles. The molecule has 0 saturated carbocycles. The third-order valence-corrected chi connectivity index (χ3v) is 4.36. The highest BCUT2D eigenvalue weighted by Gasteiger charge is 2.30. The molecule has 0 spiro atoms. The van der Waals surface area contributed by atoms with Gasteiger partial charge in [-0.15, -0.1) is 5.10 Å². The summed E-state index contributed by atoms with van der Waals surface area (Å²) < 4.78 is 0.